The van der Waals surface area contributed by atoms with Crippen LogP contribution in [0.3, 0.4) is 0 Å². The Morgan fingerprint density at radius 2 is 1.47 bits per heavy atom. The van der Waals surface area contributed by atoms with Gasteiger partial charge in [0, 0.05) is 22.1 Å². The third-order valence-corrected chi connectivity index (χ3v) is 5.66. The van der Waals surface area contributed by atoms with Crippen LogP contribution in [0.15, 0.2) is 72.8 Å². The third kappa shape index (κ3) is 5.12. The molecule has 4 rings (SSSR count). The fourth-order valence-electron chi connectivity index (χ4n) is 3.79. The van der Waals surface area contributed by atoms with Crippen molar-refractivity contribution >= 4 is 10.8 Å². The smallest absolute Gasteiger partial charge is 0.206 e. The summed E-state index contributed by atoms with van der Waals surface area (Å²) in [5.74, 6) is 4.13. The predicted octanol–water partition coefficient (Wildman–Crippen LogP) is 8.55. The summed E-state index contributed by atoms with van der Waals surface area (Å²) in [4.78, 5) is 0. The summed E-state index contributed by atoms with van der Waals surface area (Å²) in [7, 11) is 0. The van der Waals surface area contributed by atoms with E-state index in [-0.39, 0.29) is 16.5 Å². The first kappa shape index (κ1) is 23.5. The summed E-state index contributed by atoms with van der Waals surface area (Å²) < 4.78 is 67.6. The molecular formula is C29H21F5. The molecule has 0 spiro atoms. The number of rotatable bonds is 4. The van der Waals surface area contributed by atoms with Crippen molar-refractivity contribution in [3.63, 3.8) is 0 Å². The summed E-state index contributed by atoms with van der Waals surface area (Å²) in [5.41, 5.74) is 1.55. The number of aryl methyl sites for hydroxylation is 1. The summed E-state index contributed by atoms with van der Waals surface area (Å²) in [6, 6.07) is 18.6. The molecule has 0 N–H and O–H groups in total. The van der Waals surface area contributed by atoms with Crippen molar-refractivity contribution in [1.82, 2.24) is 0 Å². The summed E-state index contributed by atoms with van der Waals surface area (Å²) in [6.07, 6.45) is -1.47. The van der Waals surface area contributed by atoms with Crippen LogP contribution in [0.5, 0.6) is 0 Å². The van der Waals surface area contributed by atoms with Crippen molar-refractivity contribution in [2.24, 2.45) is 0 Å². The minimum atomic E-state index is -4.81. The molecule has 0 amide bonds. The van der Waals surface area contributed by atoms with E-state index in [1.54, 1.807) is 24.3 Å². The first-order chi connectivity index (χ1) is 16.3. The van der Waals surface area contributed by atoms with Gasteiger partial charge in [0.1, 0.15) is 11.6 Å². The first-order valence-electron chi connectivity index (χ1n) is 11.0. The molecule has 0 aliphatic carbocycles. The van der Waals surface area contributed by atoms with Crippen LogP contribution in [0.1, 0.15) is 42.0 Å². The van der Waals surface area contributed by atoms with Crippen LogP contribution in [0.2, 0.25) is 0 Å². The van der Waals surface area contributed by atoms with Crippen LogP contribution in [-0.2, 0) is 12.6 Å². The van der Waals surface area contributed by atoms with Gasteiger partial charge < -0.3 is 0 Å². The Labute approximate surface area is 195 Å². The van der Waals surface area contributed by atoms with Gasteiger partial charge in [-0.1, -0.05) is 61.6 Å². The van der Waals surface area contributed by atoms with Gasteiger partial charge in [0.05, 0.1) is 5.56 Å². The zero-order chi connectivity index (χ0) is 24.3. The summed E-state index contributed by atoms with van der Waals surface area (Å²) in [5, 5.41) is 0.874. The molecule has 0 atom stereocenters. The maximum absolute atomic E-state index is 15.1. The van der Waals surface area contributed by atoms with Crippen molar-refractivity contribution < 1.29 is 22.0 Å². The van der Waals surface area contributed by atoms with E-state index in [4.69, 9.17) is 0 Å². The number of unbranched alkanes of at least 4 members (excludes halogenated alkanes) is 1. The summed E-state index contributed by atoms with van der Waals surface area (Å²) >= 11 is 0. The fourth-order valence-corrected chi connectivity index (χ4v) is 3.79. The maximum atomic E-state index is 15.1. The lowest BCUT2D eigenvalue weighted by Gasteiger charge is -2.11. The standard InChI is InChI=1S/C29H21F5/c1-2-3-4-19-5-7-20(8-6-19)9-10-21-11-14-24-22(17-21)12-15-25(28(24)31)23-13-16-26(27(30)18-23)29(32,33)34/h5-8,11-18H,2-4H2,1H3. The van der Waals surface area contributed by atoms with Crippen molar-refractivity contribution in [3.8, 4) is 23.0 Å². The normalized spacial score (nSPS) is 11.4. The highest BCUT2D eigenvalue weighted by atomic mass is 19.4. The molecule has 0 aromatic heterocycles. The Hall–Kier alpha value is -3.65. The Balaban J connectivity index is 1.61. The van der Waals surface area contributed by atoms with Crippen molar-refractivity contribution in [1.29, 1.82) is 0 Å². The molecule has 0 heterocycles. The topological polar surface area (TPSA) is 0 Å². The molecule has 4 aromatic rings. The number of halogens is 5. The molecule has 0 fully saturated rings. The molecule has 0 aliphatic rings. The van der Waals surface area contributed by atoms with Crippen molar-refractivity contribution in [3.05, 3.63) is 107 Å². The second-order valence-electron chi connectivity index (χ2n) is 8.11. The van der Waals surface area contributed by atoms with Crippen LogP contribution in [0.25, 0.3) is 21.9 Å². The van der Waals surface area contributed by atoms with E-state index in [1.807, 2.05) is 12.1 Å². The van der Waals surface area contributed by atoms with E-state index in [0.29, 0.717) is 23.1 Å². The highest BCUT2D eigenvalue weighted by Gasteiger charge is 2.34. The lowest BCUT2D eigenvalue weighted by Crippen LogP contribution is -2.07. The van der Waals surface area contributed by atoms with Crippen LogP contribution in [-0.4, -0.2) is 0 Å². The van der Waals surface area contributed by atoms with E-state index in [2.05, 4.69) is 30.9 Å². The average Bonchev–Trinajstić information content (AvgIpc) is 2.81. The highest BCUT2D eigenvalue weighted by molar-refractivity contribution is 5.89. The van der Waals surface area contributed by atoms with Crippen LogP contribution >= 0.6 is 0 Å². The van der Waals surface area contributed by atoms with Crippen LogP contribution in [0.4, 0.5) is 22.0 Å². The third-order valence-electron chi connectivity index (χ3n) is 5.66. The van der Waals surface area contributed by atoms with Gasteiger partial charge in [-0.15, -0.1) is 0 Å². The van der Waals surface area contributed by atoms with Gasteiger partial charge >= 0.3 is 6.18 Å². The molecule has 0 bridgehead atoms. The van der Waals surface area contributed by atoms with Crippen LogP contribution < -0.4 is 0 Å². The largest absolute Gasteiger partial charge is 0.419 e. The molecule has 34 heavy (non-hydrogen) atoms. The molecule has 172 valence electrons. The van der Waals surface area contributed by atoms with E-state index in [9.17, 15) is 17.6 Å². The number of benzene rings is 4. The highest BCUT2D eigenvalue weighted by Crippen LogP contribution is 2.35. The molecule has 0 nitrogen and oxygen atoms in total. The Morgan fingerprint density at radius 3 is 2.15 bits per heavy atom. The number of alkyl halides is 3. The van der Waals surface area contributed by atoms with Crippen molar-refractivity contribution in [2.75, 3.05) is 0 Å². The molecule has 0 saturated heterocycles. The summed E-state index contributed by atoms with van der Waals surface area (Å²) in [6.45, 7) is 2.16. The molecule has 4 aromatic carbocycles. The number of hydrogen-bond donors (Lipinski definition) is 0. The van der Waals surface area contributed by atoms with Gasteiger partial charge in [0.25, 0.3) is 0 Å². The number of fused-ring (bicyclic) bond motifs is 1. The Kier molecular flexibility index (Phi) is 6.70. The minimum Gasteiger partial charge on any atom is -0.206 e. The minimum absolute atomic E-state index is 0.0297. The Morgan fingerprint density at radius 1 is 0.765 bits per heavy atom. The molecule has 5 heteroatoms. The molecule has 0 saturated carbocycles. The first-order valence-corrected chi connectivity index (χ1v) is 11.0. The molecule has 0 unspecified atom stereocenters. The van der Waals surface area contributed by atoms with E-state index < -0.39 is 23.4 Å². The van der Waals surface area contributed by atoms with E-state index in [1.165, 1.54) is 11.6 Å². The van der Waals surface area contributed by atoms with Gasteiger partial charge in [0.2, 0.25) is 0 Å². The average molecular weight is 464 g/mol. The quantitative estimate of drug-likeness (QED) is 0.210. The molecular weight excluding hydrogens is 443 g/mol. The second kappa shape index (κ2) is 9.69. The second-order valence-corrected chi connectivity index (χ2v) is 8.11. The number of hydrogen-bond acceptors (Lipinski definition) is 0. The lowest BCUT2D eigenvalue weighted by molar-refractivity contribution is -0.139. The van der Waals surface area contributed by atoms with Gasteiger partial charge in [0.15, 0.2) is 0 Å². The predicted molar refractivity (Wildman–Crippen MR) is 125 cm³/mol. The van der Waals surface area contributed by atoms with Gasteiger partial charge in [-0.3, -0.25) is 0 Å². The van der Waals surface area contributed by atoms with Gasteiger partial charge in [-0.05, 0) is 65.8 Å². The SMILES string of the molecule is CCCCc1ccc(C#Cc2ccc3c(F)c(-c4ccc(C(F)(F)F)c(F)c4)ccc3c2)cc1. The molecule has 0 aliphatic heterocycles. The van der Waals surface area contributed by atoms with Crippen molar-refractivity contribution in [2.45, 2.75) is 32.4 Å². The monoisotopic (exact) mass is 464 g/mol. The zero-order valence-corrected chi connectivity index (χ0v) is 18.4. The van der Waals surface area contributed by atoms with Crippen LogP contribution in [0, 0.1) is 23.5 Å². The lowest BCUT2D eigenvalue weighted by atomic mass is 9.98. The van der Waals surface area contributed by atoms with Gasteiger partial charge in [-0.2, -0.15) is 13.2 Å². The maximum Gasteiger partial charge on any atom is 0.419 e. The van der Waals surface area contributed by atoms with E-state index >= 15 is 4.39 Å². The molecule has 0 radical (unpaired) electrons. The zero-order valence-electron chi connectivity index (χ0n) is 18.4. The fraction of sp³-hybridized carbons (Fsp3) is 0.172. The van der Waals surface area contributed by atoms with E-state index in [0.717, 1.165) is 30.9 Å². The van der Waals surface area contributed by atoms with Gasteiger partial charge in [-0.25, -0.2) is 8.78 Å². The Bertz CT molecular complexity index is 1390.